The number of ether oxygens (including phenoxy) is 1. The van der Waals surface area contributed by atoms with Crippen LogP contribution in [-0.4, -0.2) is 15.5 Å². The SMILES string of the molecule is Cc1cc2nc(COc3ccccc3NC(=O)c3ccc(F)c(Cl)c3)cc(=O)n2o1. The van der Waals surface area contributed by atoms with Crippen LogP contribution in [0.3, 0.4) is 0 Å². The summed E-state index contributed by atoms with van der Waals surface area (Å²) in [5, 5.41) is 2.56. The number of hydrogen-bond donors (Lipinski definition) is 1. The molecule has 1 N–H and O–H groups in total. The Morgan fingerprint density at radius 2 is 2.03 bits per heavy atom. The van der Waals surface area contributed by atoms with Gasteiger partial charge < -0.3 is 14.6 Å². The van der Waals surface area contributed by atoms with Gasteiger partial charge in [-0.25, -0.2) is 9.37 Å². The predicted octanol–water partition coefficient (Wildman–Crippen LogP) is 4.22. The van der Waals surface area contributed by atoms with Gasteiger partial charge in [-0.3, -0.25) is 9.59 Å². The molecule has 30 heavy (non-hydrogen) atoms. The summed E-state index contributed by atoms with van der Waals surface area (Å²) in [6, 6.07) is 13.5. The van der Waals surface area contributed by atoms with Crippen molar-refractivity contribution < 1.29 is 18.4 Å². The maximum Gasteiger partial charge on any atom is 0.287 e. The lowest BCUT2D eigenvalue weighted by atomic mass is 10.2. The molecule has 0 bridgehead atoms. The molecule has 0 aliphatic rings. The molecule has 9 heteroatoms. The molecule has 0 aliphatic carbocycles. The van der Waals surface area contributed by atoms with E-state index in [1.807, 2.05) is 0 Å². The summed E-state index contributed by atoms with van der Waals surface area (Å²) in [5.41, 5.74) is 1.04. The van der Waals surface area contributed by atoms with Gasteiger partial charge in [0, 0.05) is 17.7 Å². The normalized spacial score (nSPS) is 10.9. The number of rotatable bonds is 5. The van der Waals surface area contributed by atoms with Crippen LogP contribution < -0.4 is 15.6 Å². The van der Waals surface area contributed by atoms with Crippen LogP contribution in [0.1, 0.15) is 21.8 Å². The van der Waals surface area contributed by atoms with Crippen molar-refractivity contribution in [3.05, 3.63) is 92.8 Å². The Hall–Kier alpha value is -3.65. The third-order valence-electron chi connectivity index (χ3n) is 4.22. The van der Waals surface area contributed by atoms with Crippen molar-refractivity contribution in [2.75, 3.05) is 5.32 Å². The Kier molecular flexibility index (Phi) is 5.24. The zero-order chi connectivity index (χ0) is 21.3. The van der Waals surface area contributed by atoms with E-state index >= 15 is 0 Å². The topological polar surface area (TPSA) is 85.8 Å². The number of carbonyl (C=O) groups excluding carboxylic acids is 1. The molecular formula is C21H15ClFN3O4. The van der Waals surface area contributed by atoms with Crippen LogP contribution in [0.2, 0.25) is 5.02 Å². The van der Waals surface area contributed by atoms with Gasteiger partial charge in [0.25, 0.3) is 11.5 Å². The van der Waals surface area contributed by atoms with E-state index in [1.165, 1.54) is 18.2 Å². The number of nitrogens with one attached hydrogen (secondary N) is 1. The highest BCUT2D eigenvalue weighted by molar-refractivity contribution is 6.31. The highest BCUT2D eigenvalue weighted by Crippen LogP contribution is 2.26. The van der Waals surface area contributed by atoms with Gasteiger partial charge in [-0.2, -0.15) is 0 Å². The summed E-state index contributed by atoms with van der Waals surface area (Å²) >= 11 is 5.74. The first-order valence-corrected chi connectivity index (χ1v) is 9.26. The lowest BCUT2D eigenvalue weighted by Gasteiger charge is -2.12. The maximum absolute atomic E-state index is 13.3. The molecular weight excluding hydrogens is 413 g/mol. The van der Waals surface area contributed by atoms with Crippen LogP contribution >= 0.6 is 11.6 Å². The van der Waals surface area contributed by atoms with Gasteiger partial charge >= 0.3 is 0 Å². The maximum atomic E-state index is 13.3. The first kappa shape index (κ1) is 19.7. The molecule has 2 heterocycles. The monoisotopic (exact) mass is 427 g/mol. The molecule has 0 radical (unpaired) electrons. The van der Waals surface area contributed by atoms with Crippen molar-refractivity contribution in [1.82, 2.24) is 9.56 Å². The minimum absolute atomic E-state index is 0.00519. The van der Waals surface area contributed by atoms with Gasteiger partial charge in [0.15, 0.2) is 5.65 Å². The molecule has 7 nitrogen and oxygen atoms in total. The van der Waals surface area contributed by atoms with Crippen molar-refractivity contribution in [3.8, 4) is 5.75 Å². The third kappa shape index (κ3) is 4.04. The Morgan fingerprint density at radius 1 is 1.23 bits per heavy atom. The number of amides is 1. The highest BCUT2D eigenvalue weighted by Gasteiger charge is 2.13. The number of anilines is 1. The van der Waals surface area contributed by atoms with E-state index in [9.17, 15) is 14.0 Å². The Balaban J connectivity index is 1.53. The molecule has 0 atom stereocenters. The van der Waals surface area contributed by atoms with Crippen LogP contribution in [-0.2, 0) is 6.61 Å². The van der Waals surface area contributed by atoms with Gasteiger partial charge in [-0.05, 0) is 37.3 Å². The predicted molar refractivity (Wildman–Crippen MR) is 109 cm³/mol. The molecule has 4 rings (SSSR count). The van der Waals surface area contributed by atoms with Crippen molar-refractivity contribution in [2.24, 2.45) is 0 Å². The first-order valence-electron chi connectivity index (χ1n) is 8.88. The van der Waals surface area contributed by atoms with Crippen LogP contribution in [0.4, 0.5) is 10.1 Å². The number of fused-ring (bicyclic) bond motifs is 1. The summed E-state index contributed by atoms with van der Waals surface area (Å²) in [5.74, 6) is -0.138. The second-order valence-corrected chi connectivity index (χ2v) is 6.86. The number of nitrogens with zero attached hydrogens (tertiary/aromatic N) is 2. The molecule has 0 unspecified atom stereocenters. The number of carbonyl (C=O) groups is 1. The zero-order valence-corrected chi connectivity index (χ0v) is 16.4. The van der Waals surface area contributed by atoms with E-state index in [0.29, 0.717) is 28.5 Å². The van der Waals surface area contributed by atoms with Crippen molar-refractivity contribution in [1.29, 1.82) is 0 Å². The van der Waals surface area contributed by atoms with E-state index in [4.69, 9.17) is 20.9 Å². The molecule has 2 aromatic heterocycles. The molecule has 1 amide bonds. The molecule has 152 valence electrons. The largest absolute Gasteiger partial charge is 0.485 e. The minimum atomic E-state index is -0.606. The van der Waals surface area contributed by atoms with Crippen molar-refractivity contribution >= 4 is 28.8 Å². The molecule has 0 spiro atoms. The summed E-state index contributed by atoms with van der Waals surface area (Å²) in [6.45, 7) is 1.72. The third-order valence-corrected chi connectivity index (χ3v) is 4.51. The van der Waals surface area contributed by atoms with E-state index in [-0.39, 0.29) is 22.8 Å². The quantitative estimate of drug-likeness (QED) is 0.515. The average molecular weight is 428 g/mol. The van der Waals surface area contributed by atoms with Gasteiger partial charge in [-0.1, -0.05) is 23.7 Å². The molecule has 0 aliphatic heterocycles. The second-order valence-electron chi connectivity index (χ2n) is 6.45. The van der Waals surface area contributed by atoms with Crippen LogP contribution in [0.15, 0.2) is 63.9 Å². The molecule has 4 aromatic rings. The lowest BCUT2D eigenvalue weighted by molar-refractivity contribution is 0.102. The number of aryl methyl sites for hydroxylation is 1. The Bertz CT molecular complexity index is 1320. The fourth-order valence-corrected chi connectivity index (χ4v) is 3.01. The van der Waals surface area contributed by atoms with Gasteiger partial charge in [0.1, 0.15) is 23.9 Å². The summed E-state index contributed by atoms with van der Waals surface area (Å²) < 4.78 is 25.4. The molecule has 0 saturated heterocycles. The number of halogens is 2. The number of hydrogen-bond acceptors (Lipinski definition) is 5. The number of benzene rings is 2. The van der Waals surface area contributed by atoms with Crippen LogP contribution in [0.25, 0.3) is 5.65 Å². The number of aromatic nitrogens is 2. The summed E-state index contributed by atoms with van der Waals surface area (Å²) in [7, 11) is 0. The van der Waals surface area contributed by atoms with Crippen molar-refractivity contribution in [3.63, 3.8) is 0 Å². The summed E-state index contributed by atoms with van der Waals surface area (Å²) in [6.07, 6.45) is 0. The van der Waals surface area contributed by atoms with Crippen LogP contribution in [0, 0.1) is 12.7 Å². The van der Waals surface area contributed by atoms with E-state index in [2.05, 4.69) is 10.3 Å². The number of para-hydroxylation sites is 2. The van der Waals surface area contributed by atoms with E-state index < -0.39 is 11.7 Å². The fourth-order valence-electron chi connectivity index (χ4n) is 2.83. The smallest absolute Gasteiger partial charge is 0.287 e. The first-order chi connectivity index (χ1) is 14.4. The molecule has 2 aromatic carbocycles. The van der Waals surface area contributed by atoms with Gasteiger partial charge in [0.2, 0.25) is 0 Å². The minimum Gasteiger partial charge on any atom is -0.485 e. The van der Waals surface area contributed by atoms with Gasteiger partial charge in [0.05, 0.1) is 16.4 Å². The second kappa shape index (κ2) is 8.00. The average Bonchev–Trinajstić information content (AvgIpc) is 3.10. The fraction of sp³-hybridized carbons (Fsp3) is 0.0952. The Labute approximate surface area is 174 Å². The van der Waals surface area contributed by atoms with Crippen LogP contribution in [0.5, 0.6) is 5.75 Å². The highest BCUT2D eigenvalue weighted by atomic mass is 35.5. The standard InChI is InChI=1S/C21H15ClFN3O4/c1-12-8-19-24-14(10-20(27)26(19)30-12)11-29-18-5-3-2-4-17(18)25-21(28)13-6-7-16(23)15(22)9-13/h2-10H,11H2,1H3,(H,25,28). The molecule has 0 fully saturated rings. The van der Waals surface area contributed by atoms with E-state index in [1.54, 1.807) is 37.3 Å². The van der Waals surface area contributed by atoms with Gasteiger partial charge in [-0.15, -0.1) is 4.57 Å². The zero-order valence-electron chi connectivity index (χ0n) is 15.7. The molecule has 0 saturated carbocycles. The van der Waals surface area contributed by atoms with Crippen molar-refractivity contribution in [2.45, 2.75) is 13.5 Å². The lowest BCUT2D eigenvalue weighted by Crippen LogP contribution is -2.15. The Morgan fingerprint density at radius 3 is 2.83 bits per heavy atom. The summed E-state index contributed by atoms with van der Waals surface area (Å²) in [4.78, 5) is 28.9. The van der Waals surface area contributed by atoms with E-state index in [0.717, 1.165) is 10.6 Å².